The first-order chi connectivity index (χ1) is 16.1. The van der Waals surface area contributed by atoms with Gasteiger partial charge in [0.15, 0.2) is 0 Å². The van der Waals surface area contributed by atoms with E-state index in [0.717, 1.165) is 27.6 Å². The maximum absolute atomic E-state index is 13.3. The smallest absolute Gasteiger partial charge is 0.258 e. The number of nitrogens with one attached hydrogen (secondary N) is 2. The summed E-state index contributed by atoms with van der Waals surface area (Å²) in [6.07, 6.45) is 0.525. The van der Waals surface area contributed by atoms with Crippen LogP contribution < -0.4 is 20.5 Å². The summed E-state index contributed by atoms with van der Waals surface area (Å²) in [6, 6.07) is 20.9. The van der Waals surface area contributed by atoms with Gasteiger partial charge in [-0.1, -0.05) is 41.9 Å². The number of halogens is 1. The van der Waals surface area contributed by atoms with E-state index in [1.807, 2.05) is 60.7 Å². The van der Waals surface area contributed by atoms with Crippen molar-refractivity contribution in [3.63, 3.8) is 0 Å². The Balaban J connectivity index is 1.63. The summed E-state index contributed by atoms with van der Waals surface area (Å²) in [6.45, 7) is 0. The van der Waals surface area contributed by atoms with Crippen LogP contribution in [0.1, 0.15) is 23.6 Å². The molecule has 1 atom stereocenters. The van der Waals surface area contributed by atoms with Crippen LogP contribution in [0.5, 0.6) is 11.5 Å². The summed E-state index contributed by atoms with van der Waals surface area (Å²) in [4.78, 5) is 16.3. The van der Waals surface area contributed by atoms with Crippen LogP contribution >= 0.6 is 11.6 Å². The van der Waals surface area contributed by atoms with Crippen LogP contribution in [0.3, 0.4) is 0 Å². The second kappa shape index (κ2) is 8.64. The second-order valence-corrected chi connectivity index (χ2v) is 8.25. The molecule has 5 rings (SSSR count). The number of methoxy groups -OCH3 is 2. The highest BCUT2D eigenvalue weighted by Gasteiger charge is 2.28. The maximum atomic E-state index is 13.3. The summed E-state index contributed by atoms with van der Waals surface area (Å²) >= 11 is 6.33. The molecule has 2 heterocycles. The maximum Gasteiger partial charge on any atom is 0.258 e. The van der Waals surface area contributed by atoms with Crippen LogP contribution in [0, 0.1) is 0 Å². The summed E-state index contributed by atoms with van der Waals surface area (Å²) < 4.78 is 10.9. The van der Waals surface area contributed by atoms with E-state index in [0.29, 0.717) is 34.2 Å². The minimum atomic E-state index is -0.188. The molecule has 6 nitrogen and oxygen atoms in total. The number of aromatic nitrogens is 1. The fourth-order valence-corrected chi connectivity index (χ4v) is 4.50. The molecule has 0 aliphatic carbocycles. The standard InChI is InChI=1S/C26H22ClN3O3/c1-32-17-9-10-18(23(13-17)33-2)21-14-22(30-29-21)25-24(15-6-4-3-5-7-15)19-12-16(27)8-11-20(19)28-26(25)31/h3-13,21,29H,14H2,1-2H3,(H,28,31)/t21-/m0/s1. The van der Waals surface area contributed by atoms with E-state index in [4.69, 9.17) is 21.1 Å². The molecule has 1 aromatic heterocycles. The predicted molar refractivity (Wildman–Crippen MR) is 132 cm³/mol. The van der Waals surface area contributed by atoms with E-state index in [1.54, 1.807) is 20.3 Å². The number of ether oxygens (including phenoxy) is 2. The Bertz CT molecular complexity index is 1430. The van der Waals surface area contributed by atoms with Gasteiger partial charge in [-0.3, -0.25) is 4.79 Å². The molecule has 0 unspecified atom stereocenters. The van der Waals surface area contributed by atoms with Gasteiger partial charge in [-0.2, -0.15) is 5.10 Å². The highest BCUT2D eigenvalue weighted by atomic mass is 35.5. The van der Waals surface area contributed by atoms with Gasteiger partial charge < -0.3 is 19.9 Å². The van der Waals surface area contributed by atoms with Gasteiger partial charge in [0.2, 0.25) is 0 Å². The number of fused-ring (bicyclic) bond motifs is 1. The van der Waals surface area contributed by atoms with Crippen molar-refractivity contribution in [1.29, 1.82) is 0 Å². The summed E-state index contributed by atoms with van der Waals surface area (Å²) in [5, 5.41) is 6.06. The third-order valence-electron chi connectivity index (χ3n) is 5.90. The van der Waals surface area contributed by atoms with Gasteiger partial charge in [-0.15, -0.1) is 0 Å². The van der Waals surface area contributed by atoms with Gasteiger partial charge in [0.25, 0.3) is 5.56 Å². The van der Waals surface area contributed by atoms with Gasteiger partial charge in [0, 0.05) is 39.5 Å². The number of aromatic amines is 1. The Kier molecular flexibility index (Phi) is 5.52. The fraction of sp³-hybridized carbons (Fsp3) is 0.154. The first kappa shape index (κ1) is 21.1. The van der Waals surface area contributed by atoms with Crippen molar-refractivity contribution in [2.75, 3.05) is 14.2 Å². The lowest BCUT2D eigenvalue weighted by atomic mass is 9.91. The Morgan fingerprint density at radius 1 is 0.970 bits per heavy atom. The van der Waals surface area contributed by atoms with Gasteiger partial charge >= 0.3 is 0 Å². The lowest BCUT2D eigenvalue weighted by Crippen LogP contribution is -2.20. The Morgan fingerprint density at radius 2 is 1.79 bits per heavy atom. The van der Waals surface area contributed by atoms with Crippen molar-refractivity contribution in [3.05, 3.63) is 93.2 Å². The van der Waals surface area contributed by atoms with Crippen LogP contribution in [0.25, 0.3) is 22.0 Å². The number of H-pyrrole nitrogens is 1. The molecule has 0 fully saturated rings. The molecule has 7 heteroatoms. The average molecular weight is 460 g/mol. The quantitative estimate of drug-likeness (QED) is 0.424. The van der Waals surface area contributed by atoms with E-state index in [1.165, 1.54) is 0 Å². The van der Waals surface area contributed by atoms with E-state index in [-0.39, 0.29) is 11.6 Å². The minimum absolute atomic E-state index is 0.140. The number of hydrogen-bond acceptors (Lipinski definition) is 5. The Hall–Kier alpha value is -3.77. The van der Waals surface area contributed by atoms with Crippen molar-refractivity contribution in [1.82, 2.24) is 10.4 Å². The number of benzene rings is 3. The molecule has 1 aliphatic heterocycles. The number of hydrogen-bond donors (Lipinski definition) is 2. The van der Waals surface area contributed by atoms with Gasteiger partial charge in [0.05, 0.1) is 31.5 Å². The molecule has 0 saturated heterocycles. The topological polar surface area (TPSA) is 75.7 Å². The largest absolute Gasteiger partial charge is 0.497 e. The third-order valence-corrected chi connectivity index (χ3v) is 6.13. The molecule has 33 heavy (non-hydrogen) atoms. The zero-order chi connectivity index (χ0) is 22.9. The molecule has 0 saturated carbocycles. The van der Waals surface area contributed by atoms with E-state index < -0.39 is 0 Å². The molecule has 0 spiro atoms. The van der Waals surface area contributed by atoms with E-state index in [9.17, 15) is 4.79 Å². The van der Waals surface area contributed by atoms with Crippen LogP contribution in [-0.2, 0) is 0 Å². The number of nitrogens with zero attached hydrogens (tertiary/aromatic N) is 1. The van der Waals surface area contributed by atoms with Crippen molar-refractivity contribution < 1.29 is 9.47 Å². The molecule has 0 radical (unpaired) electrons. The zero-order valence-electron chi connectivity index (χ0n) is 18.2. The molecule has 166 valence electrons. The normalized spacial score (nSPS) is 15.2. The molecule has 3 aromatic carbocycles. The summed E-state index contributed by atoms with van der Waals surface area (Å²) in [7, 11) is 3.24. The predicted octanol–water partition coefficient (Wildman–Crippen LogP) is 5.30. The van der Waals surface area contributed by atoms with E-state index >= 15 is 0 Å². The highest BCUT2D eigenvalue weighted by Crippen LogP contribution is 2.37. The van der Waals surface area contributed by atoms with Crippen LogP contribution in [-0.4, -0.2) is 24.9 Å². The molecular weight excluding hydrogens is 438 g/mol. The fourth-order valence-electron chi connectivity index (χ4n) is 4.33. The van der Waals surface area contributed by atoms with Crippen LogP contribution in [0.2, 0.25) is 5.02 Å². The van der Waals surface area contributed by atoms with Crippen LogP contribution in [0.4, 0.5) is 0 Å². The van der Waals surface area contributed by atoms with Crippen LogP contribution in [0.15, 0.2) is 76.6 Å². The van der Waals surface area contributed by atoms with Gasteiger partial charge in [0.1, 0.15) is 11.5 Å². The molecular formula is C26H22ClN3O3. The Labute approximate surface area is 195 Å². The number of pyridine rings is 1. The highest BCUT2D eigenvalue weighted by molar-refractivity contribution is 6.31. The van der Waals surface area contributed by atoms with Gasteiger partial charge in [-0.25, -0.2) is 0 Å². The summed E-state index contributed by atoms with van der Waals surface area (Å²) in [5.41, 5.74) is 7.64. The molecule has 1 aliphatic rings. The lowest BCUT2D eigenvalue weighted by molar-refractivity contribution is 0.386. The SMILES string of the molecule is COc1ccc([C@@H]2CC(c3c(-c4ccccc4)c4cc(Cl)ccc4[nH]c3=O)=NN2)c(OC)c1. The molecule has 2 N–H and O–H groups in total. The van der Waals surface area contributed by atoms with Crippen molar-refractivity contribution >= 4 is 28.2 Å². The zero-order valence-corrected chi connectivity index (χ0v) is 18.9. The number of rotatable bonds is 5. The molecule has 0 amide bonds. The van der Waals surface area contributed by atoms with Gasteiger partial charge in [-0.05, 0) is 35.9 Å². The minimum Gasteiger partial charge on any atom is -0.497 e. The third kappa shape index (κ3) is 3.83. The Morgan fingerprint density at radius 3 is 2.55 bits per heavy atom. The van der Waals surface area contributed by atoms with Crippen molar-refractivity contribution in [2.45, 2.75) is 12.5 Å². The van der Waals surface area contributed by atoms with Crippen molar-refractivity contribution in [3.8, 4) is 22.6 Å². The van der Waals surface area contributed by atoms with Crippen molar-refractivity contribution in [2.24, 2.45) is 5.10 Å². The second-order valence-electron chi connectivity index (χ2n) is 7.81. The first-order valence-electron chi connectivity index (χ1n) is 10.5. The average Bonchev–Trinajstić information content (AvgIpc) is 3.33. The summed E-state index contributed by atoms with van der Waals surface area (Å²) in [5.74, 6) is 1.41. The lowest BCUT2D eigenvalue weighted by Gasteiger charge is -2.16. The molecule has 0 bridgehead atoms. The monoisotopic (exact) mass is 459 g/mol. The molecule has 4 aromatic rings. The number of hydrazone groups is 1. The first-order valence-corrected chi connectivity index (χ1v) is 10.9. The van der Waals surface area contributed by atoms with E-state index in [2.05, 4.69) is 15.5 Å².